The van der Waals surface area contributed by atoms with Crippen molar-refractivity contribution in [2.45, 2.75) is 33.0 Å². The molecule has 90 valence electrons. The molecule has 0 aromatic carbocycles. The van der Waals surface area contributed by atoms with E-state index in [0.717, 1.165) is 0 Å². The van der Waals surface area contributed by atoms with Gasteiger partial charge in [0.05, 0.1) is 6.54 Å². The van der Waals surface area contributed by atoms with Gasteiger partial charge in [-0.1, -0.05) is 0 Å². The molecule has 3 N–H and O–H groups in total. The third-order valence-corrected chi connectivity index (χ3v) is 1.78. The third-order valence-electron chi connectivity index (χ3n) is 1.78. The molecule has 0 saturated heterocycles. The summed E-state index contributed by atoms with van der Waals surface area (Å²) < 4.78 is 10.6. The normalized spacial score (nSPS) is 10.7. The quantitative estimate of drug-likeness (QED) is 0.544. The van der Waals surface area contributed by atoms with E-state index in [-0.39, 0.29) is 12.2 Å². The van der Waals surface area contributed by atoms with Crippen molar-refractivity contribution in [2.24, 2.45) is 5.73 Å². The van der Waals surface area contributed by atoms with E-state index in [9.17, 15) is 4.79 Å². The number of nitrogens with one attached hydrogen (secondary N) is 1. The predicted molar refractivity (Wildman–Crippen MR) is 58.3 cm³/mol. The monoisotopic (exact) mass is 218 g/mol. The van der Waals surface area contributed by atoms with E-state index in [1.165, 1.54) is 0 Å². The molecule has 1 amide bonds. The van der Waals surface area contributed by atoms with Crippen LogP contribution in [0.5, 0.6) is 0 Å². The van der Waals surface area contributed by atoms with Crippen molar-refractivity contribution >= 4 is 5.91 Å². The van der Waals surface area contributed by atoms with Crippen LogP contribution >= 0.6 is 0 Å². The van der Waals surface area contributed by atoms with Crippen LogP contribution in [0.3, 0.4) is 0 Å². The lowest BCUT2D eigenvalue weighted by molar-refractivity contribution is -0.140. The molecule has 0 heterocycles. The first-order chi connectivity index (χ1) is 7.24. The molecule has 0 unspecified atom stereocenters. The maximum Gasteiger partial charge on any atom is 0.220 e. The van der Waals surface area contributed by atoms with Crippen molar-refractivity contribution in [2.75, 3.05) is 26.3 Å². The van der Waals surface area contributed by atoms with Gasteiger partial charge in [-0.25, -0.2) is 0 Å². The van der Waals surface area contributed by atoms with Crippen LogP contribution in [0.4, 0.5) is 0 Å². The molecule has 0 aromatic heterocycles. The number of hydrogen-bond acceptors (Lipinski definition) is 4. The van der Waals surface area contributed by atoms with Crippen LogP contribution in [0, 0.1) is 0 Å². The fourth-order valence-corrected chi connectivity index (χ4v) is 1.09. The van der Waals surface area contributed by atoms with Crippen molar-refractivity contribution < 1.29 is 14.3 Å². The molecular weight excluding hydrogens is 196 g/mol. The first-order valence-electron chi connectivity index (χ1n) is 5.44. The number of amides is 1. The molecule has 0 spiro atoms. The molecule has 5 nitrogen and oxygen atoms in total. The average Bonchev–Trinajstić information content (AvgIpc) is 2.23. The minimum absolute atomic E-state index is 0.00939. The van der Waals surface area contributed by atoms with E-state index >= 15 is 0 Å². The van der Waals surface area contributed by atoms with E-state index < -0.39 is 0 Å². The topological polar surface area (TPSA) is 73.6 Å². The number of hydrogen-bond donors (Lipinski definition) is 2. The van der Waals surface area contributed by atoms with Crippen molar-refractivity contribution in [3.05, 3.63) is 0 Å². The molecule has 0 radical (unpaired) electrons. The zero-order valence-corrected chi connectivity index (χ0v) is 9.62. The van der Waals surface area contributed by atoms with Crippen LogP contribution in [0.2, 0.25) is 0 Å². The minimum Gasteiger partial charge on any atom is -0.351 e. The maximum atomic E-state index is 11.2. The Morgan fingerprint density at radius 1 is 1.33 bits per heavy atom. The van der Waals surface area contributed by atoms with Crippen LogP contribution < -0.4 is 11.1 Å². The summed E-state index contributed by atoms with van der Waals surface area (Å²) in [5, 5.41) is 2.74. The number of carbonyl (C=O) groups is 1. The zero-order chi connectivity index (χ0) is 11.5. The lowest BCUT2D eigenvalue weighted by Gasteiger charge is -2.17. The summed E-state index contributed by atoms with van der Waals surface area (Å²) in [5.74, 6) is -0.00939. The largest absolute Gasteiger partial charge is 0.351 e. The van der Waals surface area contributed by atoms with Crippen molar-refractivity contribution in [1.82, 2.24) is 5.32 Å². The number of carbonyl (C=O) groups excluding carboxylic acids is 1. The molecule has 15 heavy (non-hydrogen) atoms. The smallest absolute Gasteiger partial charge is 0.220 e. The Labute approximate surface area is 91.3 Å². The van der Waals surface area contributed by atoms with Crippen LogP contribution in [0.15, 0.2) is 0 Å². The van der Waals surface area contributed by atoms with E-state index in [0.29, 0.717) is 39.1 Å². The first kappa shape index (κ1) is 14.3. The van der Waals surface area contributed by atoms with Crippen molar-refractivity contribution in [1.29, 1.82) is 0 Å². The van der Waals surface area contributed by atoms with Gasteiger partial charge in [-0.3, -0.25) is 4.79 Å². The molecule has 0 aliphatic heterocycles. The van der Waals surface area contributed by atoms with Crippen LogP contribution in [-0.2, 0) is 14.3 Å². The van der Waals surface area contributed by atoms with Crippen LogP contribution in [-0.4, -0.2) is 38.5 Å². The summed E-state index contributed by atoms with van der Waals surface area (Å²) in [6.45, 7) is 5.86. The maximum absolute atomic E-state index is 11.2. The third kappa shape index (κ3) is 8.35. The first-order valence-corrected chi connectivity index (χ1v) is 5.44. The number of ether oxygens (including phenoxy) is 2. The molecule has 0 aromatic rings. The van der Waals surface area contributed by atoms with Gasteiger partial charge >= 0.3 is 0 Å². The predicted octanol–water partition coefficient (Wildman–Crippen LogP) is 0.241. The Morgan fingerprint density at radius 2 is 1.93 bits per heavy atom. The van der Waals surface area contributed by atoms with Gasteiger partial charge in [-0.05, 0) is 26.8 Å². The van der Waals surface area contributed by atoms with Gasteiger partial charge in [-0.2, -0.15) is 0 Å². The highest BCUT2D eigenvalue weighted by molar-refractivity contribution is 5.75. The van der Waals surface area contributed by atoms with Gasteiger partial charge in [0.1, 0.15) is 0 Å². The second kappa shape index (κ2) is 9.89. The summed E-state index contributed by atoms with van der Waals surface area (Å²) in [6.07, 6.45) is 0.822. The van der Waals surface area contributed by atoms with Gasteiger partial charge in [0.25, 0.3) is 0 Å². The Morgan fingerprint density at radius 3 is 2.40 bits per heavy atom. The summed E-state index contributed by atoms with van der Waals surface area (Å²) in [6, 6.07) is 0. The van der Waals surface area contributed by atoms with Gasteiger partial charge in [-0.15, -0.1) is 0 Å². The fraction of sp³-hybridized carbons (Fsp3) is 0.900. The lowest BCUT2D eigenvalue weighted by Crippen LogP contribution is -2.35. The van der Waals surface area contributed by atoms with E-state index in [2.05, 4.69) is 5.32 Å². The van der Waals surface area contributed by atoms with Crippen LogP contribution in [0.25, 0.3) is 0 Å². The Balaban J connectivity index is 3.62. The van der Waals surface area contributed by atoms with Gasteiger partial charge in [0.2, 0.25) is 5.91 Å². The Bertz CT molecular complexity index is 159. The van der Waals surface area contributed by atoms with Gasteiger partial charge in [0.15, 0.2) is 6.29 Å². The van der Waals surface area contributed by atoms with Gasteiger partial charge < -0.3 is 20.5 Å². The summed E-state index contributed by atoms with van der Waals surface area (Å²) in [7, 11) is 0. The van der Waals surface area contributed by atoms with E-state index in [1.807, 2.05) is 13.8 Å². The zero-order valence-electron chi connectivity index (χ0n) is 9.62. The minimum atomic E-state index is -0.346. The number of nitrogens with two attached hydrogens (primary N) is 1. The molecule has 0 saturated carbocycles. The van der Waals surface area contributed by atoms with Gasteiger partial charge in [0, 0.05) is 19.6 Å². The lowest BCUT2D eigenvalue weighted by atomic mass is 10.3. The Kier molecular flexibility index (Phi) is 9.46. The van der Waals surface area contributed by atoms with Crippen LogP contribution in [0.1, 0.15) is 26.7 Å². The highest BCUT2D eigenvalue weighted by Crippen LogP contribution is 1.94. The molecule has 5 heteroatoms. The fourth-order valence-electron chi connectivity index (χ4n) is 1.09. The molecule has 0 bridgehead atoms. The second-order valence-electron chi connectivity index (χ2n) is 3.04. The summed E-state index contributed by atoms with van der Waals surface area (Å²) >= 11 is 0. The standard InChI is InChI=1S/C10H22N2O3/c1-3-14-10(15-4-2)8-12-9(13)6-5-7-11/h10H,3-8,11H2,1-2H3,(H,12,13). The highest BCUT2D eigenvalue weighted by Gasteiger charge is 2.09. The average molecular weight is 218 g/mol. The molecule has 0 atom stereocenters. The molecular formula is C10H22N2O3. The summed E-state index contributed by atoms with van der Waals surface area (Å²) in [4.78, 5) is 11.2. The highest BCUT2D eigenvalue weighted by atomic mass is 16.7. The van der Waals surface area contributed by atoms with E-state index in [4.69, 9.17) is 15.2 Å². The SMILES string of the molecule is CCOC(CNC(=O)CCCN)OCC. The molecule has 0 aliphatic carbocycles. The molecule has 0 aliphatic rings. The summed E-state index contributed by atoms with van der Waals surface area (Å²) in [5.41, 5.74) is 5.30. The van der Waals surface area contributed by atoms with Crippen molar-refractivity contribution in [3.8, 4) is 0 Å². The second-order valence-corrected chi connectivity index (χ2v) is 3.04. The van der Waals surface area contributed by atoms with Crippen molar-refractivity contribution in [3.63, 3.8) is 0 Å². The molecule has 0 rings (SSSR count). The van der Waals surface area contributed by atoms with E-state index in [1.54, 1.807) is 0 Å². The molecule has 0 fully saturated rings. The Hall–Kier alpha value is -0.650. The number of rotatable bonds is 9.